The molecular formula is C27H21ClF3N5O. The number of carbonyl (C=O) groups excluding carboxylic acids is 1. The van der Waals surface area contributed by atoms with Crippen molar-refractivity contribution in [1.82, 2.24) is 9.78 Å². The number of nitrogens with two attached hydrogens (primary N) is 1. The van der Waals surface area contributed by atoms with E-state index >= 15 is 0 Å². The molecule has 37 heavy (non-hydrogen) atoms. The number of para-hydroxylation sites is 2. The molecule has 1 aliphatic carbocycles. The second-order valence-electron chi connectivity index (χ2n) is 8.87. The molecule has 2 aliphatic rings. The SMILES string of the molecule is Cc1nn(-c2ccccc2)c(Cl)c1C1C(C#N)=C(N)N(c2ccccc2C(F)(F)F)C2=C1C(=O)CCC2. The summed E-state index contributed by atoms with van der Waals surface area (Å²) in [5, 5.41) is 15.0. The van der Waals surface area contributed by atoms with E-state index in [0.29, 0.717) is 35.5 Å². The van der Waals surface area contributed by atoms with Gasteiger partial charge in [0.05, 0.1) is 40.2 Å². The largest absolute Gasteiger partial charge is 0.418 e. The summed E-state index contributed by atoms with van der Waals surface area (Å²) in [6.07, 6.45) is -3.71. The van der Waals surface area contributed by atoms with Gasteiger partial charge in [0.2, 0.25) is 0 Å². The molecule has 0 bridgehead atoms. The molecule has 5 rings (SSSR count). The molecule has 0 saturated carbocycles. The van der Waals surface area contributed by atoms with Crippen molar-refractivity contribution in [1.29, 1.82) is 5.26 Å². The Labute approximate surface area is 216 Å². The molecule has 1 aromatic heterocycles. The van der Waals surface area contributed by atoms with Crippen LogP contribution in [-0.4, -0.2) is 15.6 Å². The average molecular weight is 524 g/mol. The quantitative estimate of drug-likeness (QED) is 0.444. The third kappa shape index (κ3) is 3.98. The zero-order valence-electron chi connectivity index (χ0n) is 19.7. The van der Waals surface area contributed by atoms with E-state index in [-0.39, 0.29) is 40.0 Å². The number of hydrogen-bond donors (Lipinski definition) is 1. The lowest BCUT2D eigenvalue weighted by Gasteiger charge is -2.40. The fourth-order valence-corrected chi connectivity index (χ4v) is 5.52. The van der Waals surface area contributed by atoms with E-state index in [1.807, 2.05) is 30.3 Å². The van der Waals surface area contributed by atoms with Crippen LogP contribution in [0.2, 0.25) is 5.15 Å². The van der Waals surface area contributed by atoms with Gasteiger partial charge in [-0.1, -0.05) is 41.9 Å². The van der Waals surface area contributed by atoms with Crippen molar-refractivity contribution in [2.45, 2.75) is 38.3 Å². The van der Waals surface area contributed by atoms with Gasteiger partial charge in [0.15, 0.2) is 5.78 Å². The van der Waals surface area contributed by atoms with Gasteiger partial charge >= 0.3 is 6.18 Å². The molecule has 188 valence electrons. The molecule has 0 spiro atoms. The van der Waals surface area contributed by atoms with Crippen molar-refractivity contribution in [3.63, 3.8) is 0 Å². The highest BCUT2D eigenvalue weighted by Crippen LogP contribution is 2.50. The molecule has 10 heteroatoms. The van der Waals surface area contributed by atoms with E-state index < -0.39 is 17.7 Å². The number of allylic oxidation sites excluding steroid dienone is 3. The zero-order valence-corrected chi connectivity index (χ0v) is 20.4. The first-order chi connectivity index (χ1) is 17.6. The highest BCUT2D eigenvalue weighted by Gasteiger charge is 2.44. The van der Waals surface area contributed by atoms with E-state index in [2.05, 4.69) is 11.2 Å². The number of aromatic nitrogens is 2. The van der Waals surface area contributed by atoms with Gasteiger partial charge < -0.3 is 5.73 Å². The van der Waals surface area contributed by atoms with Crippen molar-refractivity contribution in [2.24, 2.45) is 5.73 Å². The maximum Gasteiger partial charge on any atom is 0.418 e. The van der Waals surface area contributed by atoms with E-state index in [1.165, 1.54) is 27.8 Å². The second kappa shape index (κ2) is 9.12. The Morgan fingerprint density at radius 1 is 1.11 bits per heavy atom. The number of Topliss-reactive ketones (excluding diaryl/α,β-unsaturated/α-hetero) is 1. The van der Waals surface area contributed by atoms with Crippen molar-refractivity contribution in [3.8, 4) is 11.8 Å². The summed E-state index contributed by atoms with van der Waals surface area (Å²) < 4.78 is 43.4. The molecule has 0 saturated heterocycles. The first kappa shape index (κ1) is 24.7. The van der Waals surface area contributed by atoms with E-state index in [1.54, 1.807) is 6.92 Å². The first-order valence-electron chi connectivity index (χ1n) is 11.6. The number of rotatable bonds is 3. The molecule has 1 unspecified atom stereocenters. The Kier molecular flexibility index (Phi) is 6.08. The van der Waals surface area contributed by atoms with Crippen LogP contribution in [0.1, 0.15) is 42.0 Å². The minimum Gasteiger partial charge on any atom is -0.384 e. The lowest BCUT2D eigenvalue weighted by Crippen LogP contribution is -2.39. The molecule has 6 nitrogen and oxygen atoms in total. The normalized spacial score (nSPS) is 18.2. The van der Waals surface area contributed by atoms with E-state index in [4.69, 9.17) is 17.3 Å². The summed E-state index contributed by atoms with van der Waals surface area (Å²) in [6.45, 7) is 1.71. The number of nitrogens with zero attached hydrogens (tertiary/aromatic N) is 4. The van der Waals surface area contributed by atoms with Crippen molar-refractivity contribution in [2.75, 3.05) is 4.90 Å². The minimum atomic E-state index is -4.67. The number of nitriles is 1. The summed E-state index contributed by atoms with van der Waals surface area (Å²) in [6, 6.07) is 16.2. The summed E-state index contributed by atoms with van der Waals surface area (Å²) in [7, 11) is 0. The second-order valence-corrected chi connectivity index (χ2v) is 9.23. The fourth-order valence-electron chi connectivity index (χ4n) is 5.14. The standard InChI is InChI=1S/C27H21ClF3N5O/c1-15-22(25(28)36(34-15)16-8-3-2-4-9-16)23-17(14-32)26(33)35(20-12-7-13-21(37)24(20)23)19-11-6-5-10-18(19)27(29,30)31/h2-6,8-11,23H,7,12-13,33H2,1H3. The third-order valence-corrected chi connectivity index (χ3v) is 7.06. The highest BCUT2D eigenvalue weighted by molar-refractivity contribution is 6.31. The molecule has 0 fully saturated rings. The third-order valence-electron chi connectivity index (χ3n) is 6.70. The van der Waals surface area contributed by atoms with Gasteiger partial charge in [-0.2, -0.15) is 23.5 Å². The Bertz CT molecular complexity index is 1510. The summed E-state index contributed by atoms with van der Waals surface area (Å²) in [5.74, 6) is -1.38. The molecule has 0 amide bonds. The zero-order chi connectivity index (χ0) is 26.5. The van der Waals surface area contributed by atoms with Gasteiger partial charge in [-0.05, 0) is 44.0 Å². The van der Waals surface area contributed by atoms with Gasteiger partial charge in [-0.15, -0.1) is 0 Å². The molecule has 3 aromatic rings. The molecule has 2 aromatic carbocycles. The summed E-state index contributed by atoms with van der Waals surface area (Å²) in [5.41, 5.74) is 7.44. The van der Waals surface area contributed by atoms with Crippen LogP contribution in [0, 0.1) is 18.3 Å². The Morgan fingerprint density at radius 3 is 2.46 bits per heavy atom. The molecule has 0 radical (unpaired) electrons. The minimum absolute atomic E-state index is 0.0522. The maximum absolute atomic E-state index is 14.0. The number of aryl methyl sites for hydroxylation is 1. The van der Waals surface area contributed by atoms with Crippen molar-refractivity contribution < 1.29 is 18.0 Å². The van der Waals surface area contributed by atoms with Gasteiger partial charge in [0.1, 0.15) is 11.0 Å². The predicted octanol–water partition coefficient (Wildman–Crippen LogP) is 6.16. The highest BCUT2D eigenvalue weighted by atomic mass is 35.5. The van der Waals surface area contributed by atoms with Gasteiger partial charge in [0, 0.05) is 23.3 Å². The molecular weight excluding hydrogens is 503 g/mol. The van der Waals surface area contributed by atoms with E-state index in [0.717, 1.165) is 6.07 Å². The molecule has 2 N–H and O–H groups in total. The summed E-state index contributed by atoms with van der Waals surface area (Å²) in [4.78, 5) is 14.6. The van der Waals surface area contributed by atoms with Gasteiger partial charge in [0.25, 0.3) is 0 Å². The maximum atomic E-state index is 14.0. The first-order valence-corrected chi connectivity index (χ1v) is 12.0. The topological polar surface area (TPSA) is 87.9 Å². The van der Waals surface area contributed by atoms with Crippen molar-refractivity contribution in [3.05, 3.63) is 99.2 Å². The van der Waals surface area contributed by atoms with Crippen LogP contribution in [0.5, 0.6) is 0 Å². The van der Waals surface area contributed by atoms with E-state index in [9.17, 15) is 23.2 Å². The molecule has 1 atom stereocenters. The number of benzene rings is 2. The predicted molar refractivity (Wildman–Crippen MR) is 133 cm³/mol. The Balaban J connectivity index is 1.78. The van der Waals surface area contributed by atoms with Gasteiger partial charge in [-0.25, -0.2) is 4.68 Å². The summed E-state index contributed by atoms with van der Waals surface area (Å²) >= 11 is 6.82. The number of anilines is 1. The van der Waals surface area contributed by atoms with Crippen LogP contribution in [0.15, 0.2) is 77.3 Å². The smallest absolute Gasteiger partial charge is 0.384 e. The number of hydrogen-bond acceptors (Lipinski definition) is 5. The van der Waals surface area contributed by atoms with Crippen LogP contribution in [-0.2, 0) is 11.0 Å². The lowest BCUT2D eigenvalue weighted by molar-refractivity contribution is -0.137. The average Bonchev–Trinajstić information content (AvgIpc) is 3.17. The number of alkyl halides is 3. The molecule has 1 aliphatic heterocycles. The number of carbonyl (C=O) groups is 1. The Hall–Kier alpha value is -4.03. The van der Waals surface area contributed by atoms with Crippen LogP contribution in [0.4, 0.5) is 18.9 Å². The number of halogens is 4. The van der Waals surface area contributed by atoms with Gasteiger partial charge in [-0.3, -0.25) is 9.69 Å². The monoisotopic (exact) mass is 523 g/mol. The van der Waals surface area contributed by atoms with Crippen LogP contribution in [0.25, 0.3) is 5.69 Å². The number of ketones is 1. The van der Waals surface area contributed by atoms with Crippen LogP contribution in [0.3, 0.4) is 0 Å². The van der Waals surface area contributed by atoms with Crippen LogP contribution < -0.4 is 10.6 Å². The molecule has 2 heterocycles. The Morgan fingerprint density at radius 2 is 1.78 bits per heavy atom. The van der Waals surface area contributed by atoms with Crippen LogP contribution >= 0.6 is 11.6 Å². The lowest BCUT2D eigenvalue weighted by atomic mass is 9.75. The fraction of sp³-hybridized carbons (Fsp3) is 0.222. The van der Waals surface area contributed by atoms with Crippen molar-refractivity contribution >= 4 is 23.1 Å².